The van der Waals surface area contributed by atoms with Crippen molar-refractivity contribution in [3.05, 3.63) is 53.6 Å². The molecule has 1 saturated heterocycles. The second-order valence-electron chi connectivity index (χ2n) is 6.32. The molecule has 3 aromatic rings. The van der Waals surface area contributed by atoms with Gasteiger partial charge in [0.15, 0.2) is 0 Å². The summed E-state index contributed by atoms with van der Waals surface area (Å²) in [6, 6.07) is 10.9. The van der Waals surface area contributed by atoms with Gasteiger partial charge in [0.25, 0.3) is 5.91 Å². The summed E-state index contributed by atoms with van der Waals surface area (Å²) >= 11 is 0. The molecule has 134 valence electrons. The van der Waals surface area contributed by atoms with Crippen LogP contribution in [0, 0.1) is 6.92 Å². The van der Waals surface area contributed by atoms with Crippen LogP contribution in [0.5, 0.6) is 5.75 Å². The van der Waals surface area contributed by atoms with E-state index in [0.29, 0.717) is 12.2 Å². The van der Waals surface area contributed by atoms with Crippen LogP contribution in [0.15, 0.2) is 45.4 Å². The Morgan fingerprint density at radius 3 is 2.69 bits per heavy atom. The maximum absolute atomic E-state index is 12.9. The molecule has 0 radical (unpaired) electrons. The summed E-state index contributed by atoms with van der Waals surface area (Å²) in [4.78, 5) is 14.7. The maximum Gasteiger partial charge on any atom is 0.293 e. The lowest BCUT2D eigenvalue weighted by Gasteiger charge is -2.21. The van der Waals surface area contributed by atoms with Crippen molar-refractivity contribution in [2.75, 3.05) is 13.7 Å². The molecule has 7 nitrogen and oxygen atoms in total. The minimum Gasteiger partial charge on any atom is -0.497 e. The number of amides is 1. The Kier molecular flexibility index (Phi) is 4.20. The fraction of sp³-hybridized carbons (Fsp3) is 0.316. The van der Waals surface area contributed by atoms with E-state index in [0.717, 1.165) is 35.6 Å². The predicted molar refractivity (Wildman–Crippen MR) is 92.7 cm³/mol. The van der Waals surface area contributed by atoms with E-state index in [1.54, 1.807) is 18.1 Å². The van der Waals surface area contributed by atoms with Crippen LogP contribution in [-0.2, 0) is 0 Å². The number of hydrogen-bond acceptors (Lipinski definition) is 6. The van der Waals surface area contributed by atoms with Crippen LogP contribution in [-0.4, -0.2) is 34.8 Å². The van der Waals surface area contributed by atoms with Crippen molar-refractivity contribution >= 4 is 5.91 Å². The zero-order chi connectivity index (χ0) is 18.1. The Bertz CT molecular complexity index is 913. The van der Waals surface area contributed by atoms with E-state index in [9.17, 15) is 4.79 Å². The zero-order valence-electron chi connectivity index (χ0n) is 14.6. The number of rotatable bonds is 4. The maximum atomic E-state index is 12.9. The second kappa shape index (κ2) is 6.67. The zero-order valence-corrected chi connectivity index (χ0v) is 14.6. The second-order valence-corrected chi connectivity index (χ2v) is 6.32. The minimum atomic E-state index is -0.180. The highest BCUT2D eigenvalue weighted by molar-refractivity contribution is 5.92. The van der Waals surface area contributed by atoms with Gasteiger partial charge in [0.2, 0.25) is 5.76 Å². The number of methoxy groups -OCH3 is 1. The summed E-state index contributed by atoms with van der Waals surface area (Å²) in [6.07, 6.45) is 1.78. The molecule has 1 aliphatic heterocycles. The van der Waals surface area contributed by atoms with E-state index in [1.165, 1.54) is 0 Å². The van der Waals surface area contributed by atoms with Crippen LogP contribution in [0.25, 0.3) is 11.3 Å². The van der Waals surface area contributed by atoms with Crippen LogP contribution < -0.4 is 4.74 Å². The molecular weight excluding hydrogens is 334 g/mol. The summed E-state index contributed by atoms with van der Waals surface area (Å²) in [5.74, 6) is 1.54. The van der Waals surface area contributed by atoms with Gasteiger partial charge in [-0.15, -0.1) is 0 Å². The van der Waals surface area contributed by atoms with E-state index >= 15 is 0 Å². The average Bonchev–Trinajstić information content (AvgIpc) is 3.41. The number of ether oxygens (including phenoxy) is 1. The molecule has 1 aromatic carbocycles. The van der Waals surface area contributed by atoms with Gasteiger partial charge in [-0.2, -0.15) is 0 Å². The van der Waals surface area contributed by atoms with Crippen LogP contribution in [0.1, 0.15) is 40.9 Å². The summed E-state index contributed by atoms with van der Waals surface area (Å²) in [7, 11) is 1.62. The van der Waals surface area contributed by atoms with E-state index in [4.69, 9.17) is 13.8 Å². The van der Waals surface area contributed by atoms with Gasteiger partial charge >= 0.3 is 0 Å². The van der Waals surface area contributed by atoms with Crippen molar-refractivity contribution in [1.82, 2.24) is 15.2 Å². The van der Waals surface area contributed by atoms with Crippen molar-refractivity contribution < 1.29 is 18.6 Å². The molecule has 26 heavy (non-hydrogen) atoms. The number of likely N-dealkylation sites (tertiary alicyclic amines) is 1. The topological polar surface area (TPSA) is 81.6 Å². The summed E-state index contributed by atoms with van der Waals surface area (Å²) in [5.41, 5.74) is 2.26. The standard InChI is InChI=1S/C19H19N3O4/c1-12-10-16(21-25-12)17-4-3-9-22(17)19(23)18-11-15(20-26-18)13-5-7-14(24-2)8-6-13/h5-8,10-11,17H,3-4,9H2,1-2H3. The number of aromatic nitrogens is 2. The number of hydrogen-bond donors (Lipinski definition) is 0. The lowest BCUT2D eigenvalue weighted by Crippen LogP contribution is -2.30. The third-order valence-corrected chi connectivity index (χ3v) is 4.61. The van der Waals surface area contributed by atoms with Crippen LogP contribution in [0.4, 0.5) is 0 Å². The van der Waals surface area contributed by atoms with Crippen molar-refractivity contribution in [2.24, 2.45) is 0 Å². The molecule has 1 amide bonds. The molecule has 1 aliphatic rings. The van der Waals surface area contributed by atoms with Gasteiger partial charge in [-0.25, -0.2) is 0 Å². The Balaban J connectivity index is 1.55. The monoisotopic (exact) mass is 353 g/mol. The van der Waals surface area contributed by atoms with E-state index in [1.807, 2.05) is 37.3 Å². The fourth-order valence-corrected chi connectivity index (χ4v) is 3.28. The van der Waals surface area contributed by atoms with Crippen LogP contribution in [0.3, 0.4) is 0 Å². The summed E-state index contributed by atoms with van der Waals surface area (Å²) < 4.78 is 15.6. The molecule has 2 aromatic heterocycles. The van der Waals surface area contributed by atoms with Gasteiger partial charge in [0.1, 0.15) is 22.9 Å². The van der Waals surface area contributed by atoms with Crippen LogP contribution >= 0.6 is 0 Å². The first-order valence-corrected chi connectivity index (χ1v) is 8.51. The molecule has 1 atom stereocenters. The number of aryl methyl sites for hydroxylation is 1. The first-order chi connectivity index (χ1) is 12.7. The highest BCUT2D eigenvalue weighted by Gasteiger charge is 2.34. The summed E-state index contributed by atoms with van der Waals surface area (Å²) in [5, 5.41) is 8.11. The highest BCUT2D eigenvalue weighted by atomic mass is 16.5. The van der Waals surface area contributed by atoms with Crippen molar-refractivity contribution in [3.8, 4) is 17.0 Å². The molecule has 7 heteroatoms. The van der Waals surface area contributed by atoms with E-state index in [-0.39, 0.29) is 17.7 Å². The third kappa shape index (κ3) is 2.96. The third-order valence-electron chi connectivity index (χ3n) is 4.61. The first kappa shape index (κ1) is 16.4. The molecule has 4 rings (SSSR count). The molecule has 0 aliphatic carbocycles. The molecular formula is C19H19N3O4. The molecule has 0 saturated carbocycles. The Hall–Kier alpha value is -3.09. The fourth-order valence-electron chi connectivity index (χ4n) is 3.28. The van der Waals surface area contributed by atoms with E-state index < -0.39 is 0 Å². The molecule has 1 fully saturated rings. The van der Waals surface area contributed by atoms with Gasteiger partial charge in [0.05, 0.1) is 13.2 Å². The van der Waals surface area contributed by atoms with Gasteiger partial charge in [0, 0.05) is 24.2 Å². The van der Waals surface area contributed by atoms with Gasteiger partial charge in [-0.05, 0) is 44.0 Å². The van der Waals surface area contributed by atoms with Gasteiger partial charge in [-0.3, -0.25) is 4.79 Å². The van der Waals surface area contributed by atoms with Gasteiger partial charge < -0.3 is 18.7 Å². The first-order valence-electron chi connectivity index (χ1n) is 8.51. The van der Waals surface area contributed by atoms with Crippen molar-refractivity contribution in [3.63, 3.8) is 0 Å². The molecule has 3 heterocycles. The largest absolute Gasteiger partial charge is 0.497 e. The Morgan fingerprint density at radius 1 is 1.19 bits per heavy atom. The number of carbonyl (C=O) groups is 1. The highest BCUT2D eigenvalue weighted by Crippen LogP contribution is 2.33. The summed E-state index contributed by atoms with van der Waals surface area (Å²) in [6.45, 7) is 2.50. The number of nitrogens with zero attached hydrogens (tertiary/aromatic N) is 3. The molecule has 0 N–H and O–H groups in total. The molecule has 0 bridgehead atoms. The SMILES string of the molecule is COc1ccc(-c2cc(C(=O)N3CCCC3c3cc(C)on3)on2)cc1. The lowest BCUT2D eigenvalue weighted by molar-refractivity contribution is 0.0688. The normalized spacial score (nSPS) is 16.8. The Labute approximate surface area is 150 Å². The minimum absolute atomic E-state index is 0.0884. The average molecular weight is 353 g/mol. The molecule has 0 spiro atoms. The number of carbonyl (C=O) groups excluding carboxylic acids is 1. The Morgan fingerprint density at radius 2 is 2.00 bits per heavy atom. The van der Waals surface area contributed by atoms with Crippen molar-refractivity contribution in [1.29, 1.82) is 0 Å². The van der Waals surface area contributed by atoms with E-state index in [2.05, 4.69) is 10.3 Å². The lowest BCUT2D eigenvalue weighted by atomic mass is 10.1. The predicted octanol–water partition coefficient (Wildman–Crippen LogP) is 3.62. The van der Waals surface area contributed by atoms with Gasteiger partial charge in [-0.1, -0.05) is 10.3 Å². The quantitative estimate of drug-likeness (QED) is 0.712. The smallest absolute Gasteiger partial charge is 0.293 e. The van der Waals surface area contributed by atoms with Crippen molar-refractivity contribution in [2.45, 2.75) is 25.8 Å². The molecule has 1 unspecified atom stereocenters. The number of benzene rings is 1. The van der Waals surface area contributed by atoms with Crippen LogP contribution in [0.2, 0.25) is 0 Å².